The van der Waals surface area contributed by atoms with Gasteiger partial charge in [-0.1, -0.05) is 25.1 Å². The SMILES string of the molecule is CC(CC(=O)N1CCCCC1CN)c1ccccc1F.Cl. The zero-order valence-electron chi connectivity index (χ0n) is 12.4. The van der Waals surface area contributed by atoms with Gasteiger partial charge in [0.2, 0.25) is 5.91 Å². The molecular formula is C16H24ClFN2O. The second-order valence-corrected chi connectivity index (χ2v) is 5.60. The number of carbonyl (C=O) groups is 1. The fourth-order valence-electron chi connectivity index (χ4n) is 2.94. The van der Waals surface area contributed by atoms with Crippen molar-refractivity contribution in [2.24, 2.45) is 5.73 Å². The molecule has 1 aromatic carbocycles. The monoisotopic (exact) mass is 314 g/mol. The summed E-state index contributed by atoms with van der Waals surface area (Å²) in [6, 6.07) is 6.83. The molecule has 21 heavy (non-hydrogen) atoms. The topological polar surface area (TPSA) is 46.3 Å². The van der Waals surface area contributed by atoms with E-state index in [9.17, 15) is 9.18 Å². The molecule has 2 N–H and O–H groups in total. The molecule has 1 saturated heterocycles. The largest absolute Gasteiger partial charge is 0.338 e. The maximum Gasteiger partial charge on any atom is 0.223 e. The summed E-state index contributed by atoms with van der Waals surface area (Å²) < 4.78 is 13.7. The van der Waals surface area contributed by atoms with E-state index in [0.29, 0.717) is 18.5 Å². The van der Waals surface area contributed by atoms with E-state index in [4.69, 9.17) is 5.73 Å². The molecule has 0 aromatic heterocycles. The lowest BCUT2D eigenvalue weighted by atomic mass is 9.95. The smallest absolute Gasteiger partial charge is 0.223 e. The third kappa shape index (κ3) is 4.42. The molecule has 3 nitrogen and oxygen atoms in total. The summed E-state index contributed by atoms with van der Waals surface area (Å²) in [5, 5.41) is 0. The van der Waals surface area contributed by atoms with Crippen molar-refractivity contribution in [3.05, 3.63) is 35.6 Å². The van der Waals surface area contributed by atoms with Gasteiger partial charge in [0.1, 0.15) is 5.82 Å². The Kier molecular flexibility index (Phi) is 7.12. The second-order valence-electron chi connectivity index (χ2n) is 5.60. The molecule has 118 valence electrons. The number of hydrogen-bond acceptors (Lipinski definition) is 2. The summed E-state index contributed by atoms with van der Waals surface area (Å²) in [7, 11) is 0. The van der Waals surface area contributed by atoms with Gasteiger partial charge < -0.3 is 10.6 Å². The summed E-state index contributed by atoms with van der Waals surface area (Å²) in [6.45, 7) is 3.20. The van der Waals surface area contributed by atoms with Crippen molar-refractivity contribution < 1.29 is 9.18 Å². The van der Waals surface area contributed by atoms with Crippen molar-refractivity contribution in [2.45, 2.75) is 44.6 Å². The van der Waals surface area contributed by atoms with E-state index in [-0.39, 0.29) is 36.1 Å². The molecule has 0 saturated carbocycles. The molecule has 0 radical (unpaired) electrons. The lowest BCUT2D eigenvalue weighted by Gasteiger charge is -2.35. The summed E-state index contributed by atoms with van der Waals surface area (Å²) in [5.41, 5.74) is 6.36. The van der Waals surface area contributed by atoms with Crippen molar-refractivity contribution in [3.63, 3.8) is 0 Å². The van der Waals surface area contributed by atoms with Gasteiger partial charge in [-0.25, -0.2) is 4.39 Å². The van der Waals surface area contributed by atoms with Crippen molar-refractivity contribution in [3.8, 4) is 0 Å². The first kappa shape index (κ1) is 17.9. The molecule has 1 aromatic rings. The molecule has 0 aliphatic carbocycles. The summed E-state index contributed by atoms with van der Waals surface area (Å²) in [4.78, 5) is 14.3. The zero-order chi connectivity index (χ0) is 14.5. The number of carbonyl (C=O) groups excluding carboxylic acids is 1. The molecule has 2 rings (SSSR count). The van der Waals surface area contributed by atoms with Crippen LogP contribution >= 0.6 is 12.4 Å². The van der Waals surface area contributed by atoms with Crippen LogP contribution in [-0.2, 0) is 4.79 Å². The summed E-state index contributed by atoms with van der Waals surface area (Å²) in [6.07, 6.45) is 3.50. The first-order valence-electron chi connectivity index (χ1n) is 7.37. The number of likely N-dealkylation sites (tertiary alicyclic amines) is 1. The van der Waals surface area contributed by atoms with E-state index >= 15 is 0 Å². The molecule has 1 fully saturated rings. The van der Waals surface area contributed by atoms with Crippen molar-refractivity contribution in [1.29, 1.82) is 0 Å². The predicted octanol–water partition coefficient (Wildman–Crippen LogP) is 3.08. The van der Waals surface area contributed by atoms with Gasteiger partial charge in [-0.05, 0) is 36.8 Å². The molecule has 2 unspecified atom stereocenters. The Morgan fingerprint density at radius 1 is 1.43 bits per heavy atom. The number of benzene rings is 1. The minimum atomic E-state index is -0.234. The lowest BCUT2D eigenvalue weighted by Crippen LogP contribution is -2.47. The van der Waals surface area contributed by atoms with Gasteiger partial charge in [0.25, 0.3) is 0 Å². The van der Waals surface area contributed by atoms with Crippen LogP contribution in [0, 0.1) is 5.82 Å². The number of hydrogen-bond donors (Lipinski definition) is 1. The van der Waals surface area contributed by atoms with Crippen molar-refractivity contribution in [2.75, 3.05) is 13.1 Å². The number of amides is 1. The molecule has 0 bridgehead atoms. The van der Waals surface area contributed by atoms with E-state index in [1.807, 2.05) is 17.9 Å². The molecule has 1 heterocycles. The van der Waals surface area contributed by atoms with Crippen LogP contribution in [0.25, 0.3) is 0 Å². The molecule has 1 aliphatic heterocycles. The Labute approximate surface area is 132 Å². The van der Waals surface area contributed by atoms with Crippen molar-refractivity contribution >= 4 is 18.3 Å². The van der Waals surface area contributed by atoms with Crippen LogP contribution < -0.4 is 5.73 Å². The highest BCUT2D eigenvalue weighted by Gasteiger charge is 2.27. The van der Waals surface area contributed by atoms with E-state index in [1.54, 1.807) is 12.1 Å². The van der Waals surface area contributed by atoms with Crippen LogP contribution in [0.1, 0.15) is 44.1 Å². The number of piperidine rings is 1. The number of rotatable bonds is 4. The first-order valence-corrected chi connectivity index (χ1v) is 7.37. The molecule has 1 aliphatic rings. The predicted molar refractivity (Wildman–Crippen MR) is 85.1 cm³/mol. The van der Waals surface area contributed by atoms with Gasteiger partial charge in [-0.3, -0.25) is 4.79 Å². The molecule has 0 spiro atoms. The van der Waals surface area contributed by atoms with Crippen LogP contribution in [0.3, 0.4) is 0 Å². The Morgan fingerprint density at radius 3 is 2.81 bits per heavy atom. The highest BCUT2D eigenvalue weighted by Crippen LogP contribution is 2.25. The van der Waals surface area contributed by atoms with Crippen LogP contribution in [0.5, 0.6) is 0 Å². The summed E-state index contributed by atoms with van der Waals surface area (Å²) >= 11 is 0. The maximum absolute atomic E-state index is 13.7. The van der Waals surface area contributed by atoms with E-state index in [2.05, 4.69) is 0 Å². The number of nitrogens with zero attached hydrogens (tertiary/aromatic N) is 1. The Morgan fingerprint density at radius 2 is 2.14 bits per heavy atom. The van der Waals surface area contributed by atoms with Gasteiger partial charge in [-0.2, -0.15) is 0 Å². The van der Waals surface area contributed by atoms with Gasteiger partial charge in [0, 0.05) is 25.6 Å². The third-order valence-corrected chi connectivity index (χ3v) is 4.14. The number of halogens is 2. The second kappa shape index (κ2) is 8.35. The van der Waals surface area contributed by atoms with Crippen LogP contribution in [-0.4, -0.2) is 29.9 Å². The van der Waals surface area contributed by atoms with Gasteiger partial charge >= 0.3 is 0 Å². The van der Waals surface area contributed by atoms with E-state index in [1.165, 1.54) is 6.07 Å². The molecular weight excluding hydrogens is 291 g/mol. The quantitative estimate of drug-likeness (QED) is 0.928. The minimum absolute atomic E-state index is 0. The van der Waals surface area contributed by atoms with Gasteiger partial charge in [0.15, 0.2) is 0 Å². The summed E-state index contributed by atoms with van der Waals surface area (Å²) in [5.74, 6) is -0.248. The standard InChI is InChI=1S/C16H23FN2O.ClH/c1-12(14-7-2-3-8-15(14)17)10-16(20)19-9-5-4-6-13(19)11-18;/h2-3,7-8,12-13H,4-6,9-11,18H2,1H3;1H. The highest BCUT2D eigenvalue weighted by atomic mass is 35.5. The minimum Gasteiger partial charge on any atom is -0.338 e. The van der Waals surface area contributed by atoms with Crippen LogP contribution in [0.2, 0.25) is 0 Å². The van der Waals surface area contributed by atoms with Crippen LogP contribution in [0.4, 0.5) is 4.39 Å². The van der Waals surface area contributed by atoms with E-state index in [0.717, 1.165) is 25.8 Å². The van der Waals surface area contributed by atoms with Gasteiger partial charge in [0.05, 0.1) is 0 Å². The lowest BCUT2D eigenvalue weighted by molar-refractivity contribution is -0.135. The third-order valence-electron chi connectivity index (χ3n) is 4.14. The Balaban J connectivity index is 0.00000220. The fraction of sp³-hybridized carbons (Fsp3) is 0.562. The Hall–Kier alpha value is -1.13. The Bertz CT molecular complexity index is 469. The highest BCUT2D eigenvalue weighted by molar-refractivity contribution is 5.85. The number of nitrogens with two attached hydrogens (primary N) is 1. The van der Waals surface area contributed by atoms with Crippen molar-refractivity contribution in [1.82, 2.24) is 4.90 Å². The normalized spacial score (nSPS) is 19.8. The van der Waals surface area contributed by atoms with Crippen LogP contribution in [0.15, 0.2) is 24.3 Å². The molecule has 1 amide bonds. The van der Waals surface area contributed by atoms with E-state index < -0.39 is 0 Å². The first-order chi connectivity index (χ1) is 9.63. The maximum atomic E-state index is 13.7. The zero-order valence-corrected chi connectivity index (χ0v) is 13.2. The molecule has 5 heteroatoms. The van der Waals surface area contributed by atoms with Gasteiger partial charge in [-0.15, -0.1) is 12.4 Å². The average Bonchev–Trinajstić information content (AvgIpc) is 2.47. The molecule has 2 atom stereocenters. The average molecular weight is 315 g/mol. The fourth-order valence-corrected chi connectivity index (χ4v) is 2.94.